The maximum absolute atomic E-state index is 13.8. The molecule has 0 bridgehead atoms. The third-order valence-electron chi connectivity index (χ3n) is 8.08. The number of amides is 2. The molecule has 41 heavy (non-hydrogen) atoms. The van der Waals surface area contributed by atoms with Crippen molar-refractivity contribution in [3.63, 3.8) is 0 Å². The highest BCUT2D eigenvalue weighted by atomic mass is 19.2. The van der Waals surface area contributed by atoms with E-state index in [1.54, 1.807) is 9.80 Å². The van der Waals surface area contributed by atoms with Gasteiger partial charge in [-0.2, -0.15) is 0 Å². The number of carbonyl (C=O) groups excluding carboxylic acids is 2. The Morgan fingerprint density at radius 1 is 1.17 bits per heavy atom. The number of hydrogen-bond acceptors (Lipinski definition) is 9. The minimum Gasteiger partial charge on any atom is -0.444 e. The maximum Gasteiger partial charge on any atom is 0.410 e. The fraction of sp³-hybridized carbons (Fsp3) is 0.615. The average molecular weight is 584 g/mol. The van der Waals surface area contributed by atoms with Crippen LogP contribution in [0.2, 0.25) is 0 Å². The summed E-state index contributed by atoms with van der Waals surface area (Å²) in [7, 11) is 1.40. The summed E-state index contributed by atoms with van der Waals surface area (Å²) in [6.45, 7) is 2.39. The van der Waals surface area contributed by atoms with Gasteiger partial charge in [-0.1, -0.05) is 5.21 Å². The molecule has 5 rings (SSSR count). The van der Waals surface area contributed by atoms with Crippen LogP contribution in [0, 0.1) is 17.5 Å². The van der Waals surface area contributed by atoms with E-state index in [0.717, 1.165) is 12.1 Å². The third-order valence-corrected chi connectivity index (χ3v) is 8.08. The highest BCUT2D eigenvalue weighted by Gasteiger charge is 2.49. The molecule has 12 nitrogen and oxygen atoms in total. The number of carbonyl (C=O) groups is 2. The van der Waals surface area contributed by atoms with E-state index in [0.29, 0.717) is 32.5 Å². The summed E-state index contributed by atoms with van der Waals surface area (Å²) in [5.74, 6) is -4.39. The fourth-order valence-electron chi connectivity index (χ4n) is 5.93. The molecule has 3 fully saturated rings. The van der Waals surface area contributed by atoms with E-state index < -0.39 is 66.7 Å². The second kappa shape index (κ2) is 11.9. The van der Waals surface area contributed by atoms with Gasteiger partial charge in [-0.05, 0) is 25.0 Å². The van der Waals surface area contributed by atoms with Gasteiger partial charge in [0.25, 0.3) is 0 Å². The Bertz CT molecular complexity index is 1250. The summed E-state index contributed by atoms with van der Waals surface area (Å²) in [5.41, 5.74) is -0.0462. The minimum atomic E-state index is -1.61. The first-order chi connectivity index (χ1) is 19.6. The Balaban J connectivity index is 1.32. The predicted molar refractivity (Wildman–Crippen MR) is 134 cm³/mol. The number of likely N-dealkylation sites (tertiary alicyclic amines) is 1. The second-order valence-electron chi connectivity index (χ2n) is 10.5. The van der Waals surface area contributed by atoms with Crippen molar-refractivity contribution in [2.75, 3.05) is 33.4 Å². The first-order valence-electron chi connectivity index (χ1n) is 13.4. The number of hydrogen-bond donors (Lipinski definition) is 2. The number of rotatable bonds is 7. The molecule has 0 radical (unpaired) electrons. The second-order valence-corrected chi connectivity index (χ2v) is 10.5. The summed E-state index contributed by atoms with van der Waals surface area (Å²) in [4.78, 5) is 27.8. The Morgan fingerprint density at radius 3 is 2.46 bits per heavy atom. The van der Waals surface area contributed by atoms with E-state index in [-0.39, 0.29) is 29.6 Å². The smallest absolute Gasteiger partial charge is 0.410 e. The van der Waals surface area contributed by atoms with E-state index in [4.69, 9.17) is 14.2 Å². The van der Waals surface area contributed by atoms with Crippen LogP contribution in [-0.4, -0.2) is 117 Å². The van der Waals surface area contributed by atoms with Crippen molar-refractivity contribution in [2.24, 2.45) is 0 Å². The van der Waals surface area contributed by atoms with E-state index in [1.165, 1.54) is 24.9 Å². The lowest BCUT2D eigenvalue weighted by Crippen LogP contribution is -2.57. The summed E-state index contributed by atoms with van der Waals surface area (Å²) >= 11 is 0. The topological polar surface area (TPSA) is 139 Å². The monoisotopic (exact) mass is 583 g/mol. The molecular formula is C26H32F3N5O7. The highest BCUT2D eigenvalue weighted by molar-refractivity contribution is 5.73. The van der Waals surface area contributed by atoms with Crippen LogP contribution >= 0.6 is 0 Å². The number of ether oxygens (including phenoxy) is 3. The van der Waals surface area contributed by atoms with Gasteiger partial charge in [0.1, 0.15) is 36.2 Å². The predicted octanol–water partition coefficient (Wildman–Crippen LogP) is 1.26. The molecule has 1 aromatic heterocycles. The highest BCUT2D eigenvalue weighted by Crippen LogP contribution is 2.36. The van der Waals surface area contributed by atoms with Crippen molar-refractivity contribution in [2.45, 2.75) is 68.8 Å². The zero-order chi connectivity index (χ0) is 29.4. The molecule has 4 heterocycles. The lowest BCUT2D eigenvalue weighted by atomic mass is 9.89. The van der Waals surface area contributed by atoms with Crippen LogP contribution in [0.3, 0.4) is 0 Å². The van der Waals surface area contributed by atoms with Crippen LogP contribution in [0.4, 0.5) is 18.0 Å². The standard InChI is InChI=1S/C26H32F3N5O7/c1-13(36)32-5-3-15(4-6-32)33-10-16(40-26(33)38)9-20-25(39-2)23(24(37)21(12-35)41-20)34-11-19(30-31-34)14-7-17(27)22(29)18(28)8-14/h7-8,11,15-16,20-21,23-25,35,37H,3-6,9-10,12H2,1-2H3/t16-,20+,21+,23-,24-,25-/m0/s1. The van der Waals surface area contributed by atoms with Crippen LogP contribution in [0.1, 0.15) is 32.2 Å². The summed E-state index contributed by atoms with van der Waals surface area (Å²) in [5, 5.41) is 28.9. The molecular weight excluding hydrogens is 551 g/mol. The molecule has 2 N–H and O–H groups in total. The number of piperidine rings is 1. The van der Waals surface area contributed by atoms with E-state index in [1.807, 2.05) is 0 Å². The Hall–Kier alpha value is -3.27. The van der Waals surface area contributed by atoms with Gasteiger partial charge in [-0.3, -0.25) is 4.79 Å². The van der Waals surface area contributed by atoms with Crippen molar-refractivity contribution in [3.05, 3.63) is 35.8 Å². The van der Waals surface area contributed by atoms with Gasteiger partial charge in [0.2, 0.25) is 5.91 Å². The van der Waals surface area contributed by atoms with E-state index in [2.05, 4.69) is 10.3 Å². The molecule has 6 atom stereocenters. The lowest BCUT2D eigenvalue weighted by molar-refractivity contribution is -0.217. The molecule has 2 amide bonds. The third kappa shape index (κ3) is 5.76. The molecule has 3 aliphatic heterocycles. The van der Waals surface area contributed by atoms with Gasteiger partial charge in [0.15, 0.2) is 17.5 Å². The number of aromatic nitrogens is 3. The summed E-state index contributed by atoms with van der Waals surface area (Å²) in [6, 6.07) is 0.550. The number of cyclic esters (lactones) is 1. The van der Waals surface area contributed by atoms with E-state index >= 15 is 0 Å². The van der Waals surface area contributed by atoms with Gasteiger partial charge in [0, 0.05) is 45.1 Å². The molecule has 0 spiro atoms. The number of methoxy groups -OCH3 is 1. The van der Waals surface area contributed by atoms with Gasteiger partial charge in [-0.15, -0.1) is 5.10 Å². The molecule has 2 aromatic rings. The Kier molecular flexibility index (Phi) is 8.50. The van der Waals surface area contributed by atoms with Gasteiger partial charge in [0.05, 0.1) is 25.5 Å². The van der Waals surface area contributed by atoms with Gasteiger partial charge < -0.3 is 34.2 Å². The molecule has 224 valence electrons. The van der Waals surface area contributed by atoms with E-state index in [9.17, 15) is 33.0 Å². The van der Waals surface area contributed by atoms with Crippen molar-refractivity contribution in [3.8, 4) is 11.3 Å². The fourth-order valence-corrected chi connectivity index (χ4v) is 5.93. The number of aliphatic hydroxyl groups excluding tert-OH is 2. The molecule has 1 aromatic carbocycles. The van der Waals surface area contributed by atoms with Crippen molar-refractivity contribution < 1.29 is 47.2 Å². The summed E-state index contributed by atoms with van der Waals surface area (Å²) in [6.07, 6.45) is -2.21. The SMILES string of the molecule is CO[C@@H]1[C@@H](n2cc(-c3cc(F)c(F)c(F)c3)nn2)[C@@H](O)[C@@H](CO)O[C@@H]1C[C@H]1CN(C2CCN(C(C)=O)CC2)C(=O)O1. The molecule has 0 aliphatic carbocycles. The Labute approximate surface area is 233 Å². The van der Waals surface area contributed by atoms with Gasteiger partial charge in [-0.25, -0.2) is 22.6 Å². The number of aliphatic hydroxyl groups is 2. The zero-order valence-electron chi connectivity index (χ0n) is 22.5. The van der Waals surface area contributed by atoms with Crippen LogP contribution in [-0.2, 0) is 19.0 Å². The van der Waals surface area contributed by atoms with Crippen LogP contribution in [0.15, 0.2) is 18.3 Å². The van der Waals surface area contributed by atoms with Crippen molar-refractivity contribution in [1.29, 1.82) is 0 Å². The first-order valence-corrected chi connectivity index (χ1v) is 13.4. The number of benzene rings is 1. The van der Waals surface area contributed by atoms with Crippen LogP contribution in [0.5, 0.6) is 0 Å². The van der Waals surface area contributed by atoms with Crippen LogP contribution < -0.4 is 0 Å². The first kappa shape index (κ1) is 29.2. The lowest BCUT2D eigenvalue weighted by Gasteiger charge is -2.44. The Morgan fingerprint density at radius 2 is 1.85 bits per heavy atom. The molecule has 3 saturated heterocycles. The quantitative estimate of drug-likeness (QED) is 0.461. The van der Waals surface area contributed by atoms with Crippen molar-refractivity contribution in [1.82, 2.24) is 24.8 Å². The normalized spacial score (nSPS) is 29.2. The number of nitrogens with zero attached hydrogens (tertiary/aromatic N) is 5. The van der Waals surface area contributed by atoms with Crippen LogP contribution in [0.25, 0.3) is 11.3 Å². The maximum atomic E-state index is 13.8. The van der Waals surface area contributed by atoms with Gasteiger partial charge >= 0.3 is 6.09 Å². The minimum absolute atomic E-state index is 0.00273. The largest absolute Gasteiger partial charge is 0.444 e. The molecule has 0 unspecified atom stereocenters. The molecule has 0 saturated carbocycles. The number of halogens is 3. The zero-order valence-corrected chi connectivity index (χ0v) is 22.5. The van der Waals surface area contributed by atoms with Crippen molar-refractivity contribution >= 4 is 12.0 Å². The molecule has 15 heteroatoms. The average Bonchev–Trinajstić information content (AvgIpc) is 3.58. The molecule has 3 aliphatic rings. The summed E-state index contributed by atoms with van der Waals surface area (Å²) < 4.78 is 59.6.